The van der Waals surface area contributed by atoms with Crippen LogP contribution in [-0.2, 0) is 9.84 Å². The van der Waals surface area contributed by atoms with Crippen molar-refractivity contribution in [3.63, 3.8) is 0 Å². The minimum absolute atomic E-state index is 0.0748. The molecule has 0 spiro atoms. The Hall–Kier alpha value is -1.11. The first kappa shape index (κ1) is 16.3. The summed E-state index contributed by atoms with van der Waals surface area (Å²) >= 11 is 0. The van der Waals surface area contributed by atoms with Crippen molar-refractivity contribution >= 4 is 9.84 Å². The van der Waals surface area contributed by atoms with Crippen LogP contribution in [0.5, 0.6) is 5.75 Å². The van der Waals surface area contributed by atoms with E-state index < -0.39 is 15.9 Å². The minimum Gasteiger partial charge on any atom is -0.496 e. The molecule has 1 saturated heterocycles. The summed E-state index contributed by atoms with van der Waals surface area (Å²) < 4.78 is 28.5. The van der Waals surface area contributed by atoms with Crippen LogP contribution >= 0.6 is 0 Å². The maximum Gasteiger partial charge on any atom is 0.151 e. The second kappa shape index (κ2) is 6.77. The molecule has 1 aromatic carbocycles. The van der Waals surface area contributed by atoms with Gasteiger partial charge in [-0.15, -0.1) is 0 Å². The molecular formula is C15H23NO4S. The van der Waals surface area contributed by atoms with Gasteiger partial charge < -0.3 is 15.2 Å². The molecule has 0 aromatic heterocycles. The van der Waals surface area contributed by atoms with Gasteiger partial charge in [0.05, 0.1) is 24.7 Å². The molecule has 2 atom stereocenters. The van der Waals surface area contributed by atoms with Gasteiger partial charge in [-0.1, -0.05) is 11.6 Å². The number of sulfone groups is 1. The monoisotopic (exact) mass is 313 g/mol. The predicted molar refractivity (Wildman–Crippen MR) is 82.4 cm³/mol. The highest BCUT2D eigenvalue weighted by Gasteiger charge is 2.25. The van der Waals surface area contributed by atoms with Crippen molar-refractivity contribution in [2.45, 2.75) is 31.9 Å². The number of methoxy groups -OCH3 is 1. The molecule has 2 rings (SSSR count). The average molecular weight is 313 g/mol. The first-order valence-electron chi connectivity index (χ1n) is 7.17. The zero-order valence-corrected chi connectivity index (χ0v) is 13.3. The molecule has 1 fully saturated rings. The van der Waals surface area contributed by atoms with Crippen molar-refractivity contribution in [1.29, 1.82) is 0 Å². The molecule has 21 heavy (non-hydrogen) atoms. The summed E-state index contributed by atoms with van der Waals surface area (Å²) in [4.78, 5) is 0. The molecule has 2 unspecified atom stereocenters. The highest BCUT2D eigenvalue weighted by molar-refractivity contribution is 7.91. The van der Waals surface area contributed by atoms with Crippen LogP contribution in [0.2, 0.25) is 0 Å². The second-order valence-electron chi connectivity index (χ2n) is 5.62. The van der Waals surface area contributed by atoms with E-state index in [-0.39, 0.29) is 17.5 Å². The molecule has 6 heteroatoms. The van der Waals surface area contributed by atoms with Gasteiger partial charge in [0.25, 0.3) is 0 Å². The Balaban J connectivity index is 1.98. The number of rotatable bonds is 5. The third-order valence-corrected chi connectivity index (χ3v) is 5.63. The Morgan fingerprint density at radius 3 is 2.90 bits per heavy atom. The van der Waals surface area contributed by atoms with Crippen LogP contribution in [0, 0.1) is 6.92 Å². The summed E-state index contributed by atoms with van der Waals surface area (Å²) in [5, 5.41) is 13.5. The molecule has 0 bridgehead atoms. The third-order valence-electron chi connectivity index (χ3n) is 3.81. The summed E-state index contributed by atoms with van der Waals surface area (Å²) in [5.41, 5.74) is 1.77. The first-order valence-corrected chi connectivity index (χ1v) is 9.00. The van der Waals surface area contributed by atoms with Gasteiger partial charge in [-0.2, -0.15) is 0 Å². The average Bonchev–Trinajstić information content (AvgIpc) is 2.43. The van der Waals surface area contributed by atoms with E-state index in [0.717, 1.165) is 17.5 Å². The van der Waals surface area contributed by atoms with Gasteiger partial charge in [0.2, 0.25) is 0 Å². The van der Waals surface area contributed by atoms with E-state index in [0.29, 0.717) is 18.7 Å². The molecule has 1 aromatic rings. The Morgan fingerprint density at radius 1 is 1.48 bits per heavy atom. The van der Waals surface area contributed by atoms with Crippen LogP contribution in [0.25, 0.3) is 0 Å². The van der Waals surface area contributed by atoms with Crippen molar-refractivity contribution in [3.8, 4) is 5.75 Å². The molecule has 5 nitrogen and oxygen atoms in total. The van der Waals surface area contributed by atoms with Crippen LogP contribution in [0.1, 0.15) is 30.1 Å². The standard InChI is InChI=1S/C15H23NO4S/c1-11-5-6-15(20-2)13(8-11)14(17)9-16-12-4-3-7-21(18,19)10-12/h5-6,8,12,14,16-17H,3-4,7,9-10H2,1-2H3. The number of ether oxygens (including phenoxy) is 1. The number of aliphatic hydroxyl groups is 1. The molecule has 0 saturated carbocycles. The van der Waals surface area contributed by atoms with E-state index in [2.05, 4.69) is 5.32 Å². The Labute approximate surface area is 126 Å². The predicted octanol–water partition coefficient (Wildman–Crippen LogP) is 1.20. The fraction of sp³-hybridized carbons (Fsp3) is 0.600. The van der Waals surface area contributed by atoms with Gasteiger partial charge >= 0.3 is 0 Å². The summed E-state index contributed by atoms with van der Waals surface area (Å²) in [6, 6.07) is 5.58. The maximum atomic E-state index is 11.6. The molecule has 0 amide bonds. The van der Waals surface area contributed by atoms with Crippen LogP contribution in [-0.4, -0.2) is 44.7 Å². The van der Waals surface area contributed by atoms with E-state index in [1.165, 1.54) is 0 Å². The summed E-state index contributed by atoms with van der Waals surface area (Å²) in [5.74, 6) is 1.08. The van der Waals surface area contributed by atoms with Crippen molar-refractivity contribution in [2.24, 2.45) is 0 Å². The van der Waals surface area contributed by atoms with Crippen LogP contribution in [0.15, 0.2) is 18.2 Å². The second-order valence-corrected chi connectivity index (χ2v) is 7.85. The molecule has 1 aliphatic rings. The molecule has 118 valence electrons. The number of hydrogen-bond donors (Lipinski definition) is 2. The highest BCUT2D eigenvalue weighted by atomic mass is 32.2. The van der Waals surface area contributed by atoms with Gasteiger partial charge in [-0.05, 0) is 31.9 Å². The topological polar surface area (TPSA) is 75.6 Å². The zero-order chi connectivity index (χ0) is 15.5. The normalized spacial score (nSPS) is 22.7. The SMILES string of the molecule is COc1ccc(C)cc1C(O)CNC1CCCS(=O)(=O)C1. The quantitative estimate of drug-likeness (QED) is 0.854. The lowest BCUT2D eigenvalue weighted by Gasteiger charge is -2.25. The van der Waals surface area contributed by atoms with Gasteiger partial charge in [0, 0.05) is 18.2 Å². The van der Waals surface area contributed by atoms with E-state index in [1.807, 2.05) is 25.1 Å². The smallest absolute Gasteiger partial charge is 0.151 e. The maximum absolute atomic E-state index is 11.6. The number of aryl methyl sites for hydroxylation is 1. The first-order chi connectivity index (χ1) is 9.91. The van der Waals surface area contributed by atoms with E-state index >= 15 is 0 Å². The minimum atomic E-state index is -2.93. The fourth-order valence-electron chi connectivity index (χ4n) is 2.69. The highest BCUT2D eigenvalue weighted by Crippen LogP contribution is 2.26. The lowest BCUT2D eigenvalue weighted by Crippen LogP contribution is -2.41. The number of nitrogens with one attached hydrogen (secondary N) is 1. The molecule has 0 radical (unpaired) electrons. The van der Waals surface area contributed by atoms with Crippen LogP contribution in [0.4, 0.5) is 0 Å². The molecule has 1 heterocycles. The largest absolute Gasteiger partial charge is 0.496 e. The summed E-state index contributed by atoms with van der Waals surface area (Å²) in [7, 11) is -1.36. The fourth-order valence-corrected chi connectivity index (χ4v) is 4.36. The number of aliphatic hydroxyl groups excluding tert-OH is 1. The molecule has 2 N–H and O–H groups in total. The molecule has 1 aliphatic heterocycles. The van der Waals surface area contributed by atoms with E-state index in [4.69, 9.17) is 4.74 Å². The van der Waals surface area contributed by atoms with Crippen molar-refractivity contribution < 1.29 is 18.3 Å². The van der Waals surface area contributed by atoms with Crippen LogP contribution < -0.4 is 10.1 Å². The van der Waals surface area contributed by atoms with E-state index in [9.17, 15) is 13.5 Å². The summed E-state index contributed by atoms with van der Waals surface area (Å²) in [6.45, 7) is 2.27. The van der Waals surface area contributed by atoms with Gasteiger partial charge in [-0.25, -0.2) is 8.42 Å². The van der Waals surface area contributed by atoms with Crippen molar-refractivity contribution in [3.05, 3.63) is 29.3 Å². The van der Waals surface area contributed by atoms with Gasteiger partial charge in [-0.3, -0.25) is 0 Å². The van der Waals surface area contributed by atoms with Crippen molar-refractivity contribution in [1.82, 2.24) is 5.32 Å². The van der Waals surface area contributed by atoms with Gasteiger partial charge in [0.15, 0.2) is 9.84 Å². The lowest BCUT2D eigenvalue weighted by atomic mass is 10.0. The number of benzene rings is 1. The van der Waals surface area contributed by atoms with Crippen LogP contribution in [0.3, 0.4) is 0 Å². The summed E-state index contributed by atoms with van der Waals surface area (Å²) in [6.07, 6.45) is 0.797. The van der Waals surface area contributed by atoms with Gasteiger partial charge in [0.1, 0.15) is 5.75 Å². The number of hydrogen-bond acceptors (Lipinski definition) is 5. The van der Waals surface area contributed by atoms with Crippen molar-refractivity contribution in [2.75, 3.05) is 25.2 Å². The zero-order valence-electron chi connectivity index (χ0n) is 12.5. The Morgan fingerprint density at radius 2 is 2.24 bits per heavy atom. The molecular weight excluding hydrogens is 290 g/mol. The molecule has 0 aliphatic carbocycles. The third kappa shape index (κ3) is 4.43. The Kier molecular flexibility index (Phi) is 5.24. The Bertz CT molecular complexity index is 585. The lowest BCUT2D eigenvalue weighted by molar-refractivity contribution is 0.165. The van der Waals surface area contributed by atoms with E-state index in [1.54, 1.807) is 7.11 Å².